The van der Waals surface area contributed by atoms with Gasteiger partial charge in [0.15, 0.2) is 5.76 Å². The smallest absolute Gasteiger partial charge is 0.360 e. The summed E-state index contributed by atoms with van der Waals surface area (Å²) in [5.74, 6) is 5.98. The van der Waals surface area contributed by atoms with Crippen LogP contribution in [0.25, 0.3) is 11.3 Å². The Labute approximate surface area is 89.9 Å². The summed E-state index contributed by atoms with van der Waals surface area (Å²) in [6.45, 7) is 0. The lowest BCUT2D eigenvalue weighted by molar-refractivity contribution is 0.0686. The molecule has 2 heterocycles. The van der Waals surface area contributed by atoms with Crippen molar-refractivity contribution in [2.75, 3.05) is 5.43 Å². The summed E-state index contributed by atoms with van der Waals surface area (Å²) in [6.07, 6.45) is 3.07. The largest absolute Gasteiger partial charge is 0.476 e. The van der Waals surface area contributed by atoms with Crippen molar-refractivity contribution in [2.45, 2.75) is 0 Å². The van der Waals surface area contributed by atoms with E-state index in [4.69, 9.17) is 15.5 Å². The molecule has 0 aromatic carbocycles. The normalized spacial score (nSPS) is 10.1. The van der Waals surface area contributed by atoms with Gasteiger partial charge in [0.2, 0.25) is 5.69 Å². The predicted molar refractivity (Wildman–Crippen MR) is 53.4 cm³/mol. The summed E-state index contributed by atoms with van der Waals surface area (Å²) in [5.41, 5.74) is 2.25. The molecule has 0 unspecified atom stereocenters. The highest BCUT2D eigenvalue weighted by molar-refractivity contribution is 5.95. The van der Waals surface area contributed by atoms with E-state index in [9.17, 15) is 4.79 Å². The summed E-state index contributed by atoms with van der Waals surface area (Å²) in [4.78, 5) is 14.6. The molecule has 0 saturated heterocycles. The Bertz CT molecular complexity index is 509. The van der Waals surface area contributed by atoms with E-state index in [-0.39, 0.29) is 17.1 Å². The zero-order valence-electron chi connectivity index (χ0n) is 7.97. The second-order valence-corrected chi connectivity index (χ2v) is 2.91. The zero-order valence-corrected chi connectivity index (χ0v) is 7.97. The van der Waals surface area contributed by atoms with Gasteiger partial charge in [0.05, 0.1) is 0 Å². The van der Waals surface area contributed by atoms with Crippen molar-refractivity contribution in [1.82, 2.24) is 16.0 Å². The number of nitrogens with one attached hydrogen (secondary N) is 2. The summed E-state index contributed by atoms with van der Waals surface area (Å²) in [7, 11) is 0. The van der Waals surface area contributed by atoms with Crippen molar-refractivity contribution in [3.05, 3.63) is 30.2 Å². The zero-order chi connectivity index (χ0) is 11.5. The number of hydrogen-bond acceptors (Lipinski definition) is 5. The first-order chi connectivity index (χ1) is 7.74. The third-order valence-corrected chi connectivity index (χ3v) is 1.94. The van der Waals surface area contributed by atoms with Gasteiger partial charge in [-0.05, 0) is 12.1 Å². The van der Waals surface area contributed by atoms with Crippen LogP contribution in [0.4, 0.5) is 5.69 Å². The van der Waals surface area contributed by atoms with Gasteiger partial charge in [-0.3, -0.25) is 4.98 Å². The maximum atomic E-state index is 10.8. The summed E-state index contributed by atoms with van der Waals surface area (Å²) >= 11 is 0. The van der Waals surface area contributed by atoms with Crippen molar-refractivity contribution >= 4 is 11.7 Å². The highest BCUT2D eigenvalue weighted by Gasteiger charge is 2.21. The van der Waals surface area contributed by atoms with Crippen LogP contribution >= 0.6 is 0 Å². The van der Waals surface area contributed by atoms with Gasteiger partial charge < -0.3 is 15.1 Å². The minimum Gasteiger partial charge on any atom is -0.476 e. The van der Waals surface area contributed by atoms with E-state index in [1.54, 1.807) is 18.3 Å². The quantitative estimate of drug-likeness (QED) is 0.746. The summed E-state index contributed by atoms with van der Waals surface area (Å²) < 4.78 is 4.88. The molecule has 0 spiro atoms. The highest BCUT2D eigenvalue weighted by atomic mass is 16.5. The van der Waals surface area contributed by atoms with Crippen molar-refractivity contribution in [3.8, 4) is 11.3 Å². The Hall–Kier alpha value is -2.41. The van der Waals surface area contributed by atoms with E-state index in [1.807, 2.05) is 5.43 Å². The van der Waals surface area contributed by atoms with Crippen LogP contribution < -0.4 is 11.3 Å². The van der Waals surface area contributed by atoms with Gasteiger partial charge in [-0.2, -0.15) is 5.84 Å². The first-order valence-corrected chi connectivity index (χ1v) is 4.30. The number of carbonyl (C=O) groups is 1. The highest BCUT2D eigenvalue weighted by Crippen LogP contribution is 2.29. The Morgan fingerprint density at radius 1 is 1.56 bits per heavy atom. The Kier molecular flexibility index (Phi) is 2.52. The van der Waals surface area contributed by atoms with Gasteiger partial charge in [-0.15, -0.1) is 0 Å². The van der Waals surface area contributed by atoms with Crippen LogP contribution in [0.3, 0.4) is 0 Å². The van der Waals surface area contributed by atoms with Crippen LogP contribution in [0.15, 0.2) is 29.0 Å². The fraction of sp³-hybridized carbons (Fsp3) is 0. The first kappa shape index (κ1) is 10.1. The number of carboxylic acids is 1. The monoisotopic (exact) mass is 219 g/mol. The number of hydrogen-bond donors (Lipinski definition) is 2. The molecular weight excluding hydrogens is 212 g/mol. The fourth-order valence-corrected chi connectivity index (χ4v) is 1.25. The van der Waals surface area contributed by atoms with Crippen LogP contribution in [0.5, 0.6) is 0 Å². The van der Waals surface area contributed by atoms with Gasteiger partial charge in [-0.1, -0.05) is 5.16 Å². The summed E-state index contributed by atoms with van der Waals surface area (Å²) in [6, 6.07) is 3.35. The number of aromatic carboxylic acids is 1. The van der Waals surface area contributed by atoms with Crippen LogP contribution in [0, 0.1) is 0 Å². The Morgan fingerprint density at radius 3 is 2.94 bits per heavy atom. The molecule has 2 aromatic rings. The maximum Gasteiger partial charge on any atom is 0.360 e. The number of pyridine rings is 1. The van der Waals surface area contributed by atoms with Crippen molar-refractivity contribution in [2.24, 2.45) is 0 Å². The van der Waals surface area contributed by atoms with E-state index in [0.717, 1.165) is 0 Å². The molecule has 0 bridgehead atoms. The average molecular weight is 219 g/mol. The van der Waals surface area contributed by atoms with E-state index in [2.05, 4.69) is 10.1 Å². The molecule has 0 aliphatic heterocycles. The van der Waals surface area contributed by atoms with Crippen molar-refractivity contribution in [1.29, 1.82) is 0 Å². The number of rotatable bonds is 3. The topological polar surface area (TPSA) is 112 Å². The SMILES string of the molecule is [NH]Nc1c(C(=O)O)noc1-c1cccnc1. The van der Waals surface area contributed by atoms with Gasteiger partial charge >= 0.3 is 5.97 Å². The van der Waals surface area contributed by atoms with Crippen molar-refractivity contribution < 1.29 is 14.4 Å². The summed E-state index contributed by atoms with van der Waals surface area (Å²) in [5, 5.41) is 12.2. The van der Waals surface area contributed by atoms with E-state index >= 15 is 0 Å². The second kappa shape index (κ2) is 3.99. The van der Waals surface area contributed by atoms with Crippen LogP contribution in [-0.4, -0.2) is 21.2 Å². The molecule has 16 heavy (non-hydrogen) atoms. The minimum atomic E-state index is -1.26. The van der Waals surface area contributed by atoms with Crippen molar-refractivity contribution in [3.63, 3.8) is 0 Å². The molecule has 2 rings (SSSR count). The molecule has 1 radical (unpaired) electrons. The molecule has 0 amide bonds. The molecule has 0 aliphatic rings. The van der Waals surface area contributed by atoms with Gasteiger partial charge in [-0.25, -0.2) is 4.79 Å². The lowest BCUT2D eigenvalue weighted by atomic mass is 10.2. The number of aromatic nitrogens is 2. The molecule has 0 aliphatic carbocycles. The average Bonchev–Trinajstić information content (AvgIpc) is 2.73. The third-order valence-electron chi connectivity index (χ3n) is 1.94. The van der Waals surface area contributed by atoms with Crippen LogP contribution in [-0.2, 0) is 0 Å². The molecule has 3 N–H and O–H groups in total. The standard InChI is InChI=1S/C9H7N4O3/c10-12-6-7(9(14)15)13-16-8(6)5-2-1-3-11-4-5/h1-4,10,12H,(H,14,15). The van der Waals surface area contributed by atoms with Gasteiger partial charge in [0, 0.05) is 18.0 Å². The first-order valence-electron chi connectivity index (χ1n) is 4.30. The Balaban J connectivity index is 2.54. The molecule has 7 heteroatoms. The molecule has 2 aromatic heterocycles. The minimum absolute atomic E-state index is 0.0144. The van der Waals surface area contributed by atoms with E-state index in [1.165, 1.54) is 6.20 Å². The molecule has 0 saturated carbocycles. The lowest BCUT2D eigenvalue weighted by Crippen LogP contribution is -2.03. The van der Waals surface area contributed by atoms with Gasteiger partial charge in [0.1, 0.15) is 5.69 Å². The van der Waals surface area contributed by atoms with Gasteiger partial charge in [0.25, 0.3) is 0 Å². The molecule has 81 valence electrons. The number of anilines is 1. The third kappa shape index (κ3) is 1.59. The molecule has 0 atom stereocenters. The molecular formula is C9H7N4O3. The van der Waals surface area contributed by atoms with E-state index < -0.39 is 5.97 Å². The lowest BCUT2D eigenvalue weighted by Gasteiger charge is -1.98. The number of nitrogens with zero attached hydrogens (tertiary/aromatic N) is 2. The maximum absolute atomic E-state index is 10.8. The van der Waals surface area contributed by atoms with Crippen LogP contribution in [0.1, 0.15) is 10.5 Å². The fourth-order valence-electron chi connectivity index (χ4n) is 1.25. The predicted octanol–water partition coefficient (Wildman–Crippen LogP) is 1.04. The molecule has 0 fully saturated rings. The number of carboxylic acid groups (broad SMARTS) is 1. The van der Waals surface area contributed by atoms with E-state index in [0.29, 0.717) is 5.56 Å². The second-order valence-electron chi connectivity index (χ2n) is 2.91. The Morgan fingerprint density at radius 2 is 2.38 bits per heavy atom. The van der Waals surface area contributed by atoms with Crippen LogP contribution in [0.2, 0.25) is 0 Å². The molecule has 7 nitrogen and oxygen atoms in total.